The number of hydrogen-bond acceptors (Lipinski definition) is 2. The van der Waals surface area contributed by atoms with Crippen LogP contribution in [0.3, 0.4) is 0 Å². The highest BCUT2D eigenvalue weighted by atomic mass is 16.5. The fourth-order valence-electron chi connectivity index (χ4n) is 0.671. The third kappa shape index (κ3) is 8.95. The molecule has 0 fully saturated rings. The van der Waals surface area contributed by atoms with Crippen molar-refractivity contribution in [1.82, 2.24) is 0 Å². The second-order valence-electron chi connectivity index (χ2n) is 2.39. The Morgan fingerprint density at radius 2 is 1.92 bits per heavy atom. The van der Waals surface area contributed by atoms with Crippen molar-refractivity contribution >= 4 is 5.97 Å². The van der Waals surface area contributed by atoms with E-state index in [1.807, 2.05) is 12.2 Å². The van der Waals surface area contributed by atoms with Gasteiger partial charge in [-0.25, -0.2) is 0 Å². The van der Waals surface area contributed by atoms with Gasteiger partial charge in [0.1, 0.15) is 6.61 Å². The lowest BCUT2D eigenvalue weighted by Gasteiger charge is -1.93. The van der Waals surface area contributed by atoms with Crippen LogP contribution in [-0.2, 0) is 9.53 Å². The Bertz CT molecular complexity index is 169. The molecule has 0 atom stereocenters. The Balaban J connectivity index is 3.25. The van der Waals surface area contributed by atoms with Crippen LogP contribution in [0.2, 0.25) is 0 Å². The maximum atomic E-state index is 10.3. The first kappa shape index (κ1) is 11.0. The molecule has 0 aliphatic heterocycles. The molecule has 68 valence electrons. The Morgan fingerprint density at radius 3 is 2.50 bits per heavy atom. The molecule has 0 amide bonds. The first-order valence-corrected chi connectivity index (χ1v) is 4.20. The third-order valence-corrected chi connectivity index (χ3v) is 1.22. The molecule has 0 aliphatic carbocycles. The van der Waals surface area contributed by atoms with E-state index in [1.165, 1.54) is 6.92 Å². The molecule has 0 saturated heterocycles. The highest BCUT2D eigenvalue weighted by Crippen LogP contribution is 1.88. The minimum atomic E-state index is -0.233. The fraction of sp³-hybridized carbons (Fsp3) is 0.500. The van der Waals surface area contributed by atoms with Crippen molar-refractivity contribution in [3.8, 4) is 0 Å². The Kier molecular flexibility index (Phi) is 7.35. The molecule has 12 heavy (non-hydrogen) atoms. The molecular weight excluding hydrogens is 152 g/mol. The van der Waals surface area contributed by atoms with Gasteiger partial charge in [0.05, 0.1) is 0 Å². The second kappa shape index (κ2) is 8.05. The molecular formula is C10H16O2. The SMILES string of the molecule is CC/C=C/C/C=C/COC(C)=O. The molecule has 0 aromatic rings. The van der Waals surface area contributed by atoms with Gasteiger partial charge in [-0.15, -0.1) is 0 Å². The van der Waals surface area contributed by atoms with Crippen molar-refractivity contribution in [2.45, 2.75) is 26.7 Å². The Morgan fingerprint density at radius 1 is 1.25 bits per heavy atom. The third-order valence-electron chi connectivity index (χ3n) is 1.22. The van der Waals surface area contributed by atoms with Gasteiger partial charge in [0.25, 0.3) is 0 Å². The van der Waals surface area contributed by atoms with Gasteiger partial charge >= 0.3 is 5.97 Å². The largest absolute Gasteiger partial charge is 0.462 e. The van der Waals surface area contributed by atoms with E-state index in [2.05, 4.69) is 19.1 Å². The van der Waals surface area contributed by atoms with Crippen LogP contribution in [0.5, 0.6) is 0 Å². The minimum Gasteiger partial charge on any atom is -0.462 e. The summed E-state index contributed by atoms with van der Waals surface area (Å²) in [6.07, 6.45) is 10.0. The van der Waals surface area contributed by atoms with Crippen LogP contribution in [0, 0.1) is 0 Å². The molecule has 2 nitrogen and oxygen atoms in total. The van der Waals surface area contributed by atoms with Gasteiger partial charge in [0, 0.05) is 6.92 Å². The van der Waals surface area contributed by atoms with Crippen molar-refractivity contribution in [1.29, 1.82) is 0 Å². The fourth-order valence-corrected chi connectivity index (χ4v) is 0.671. The van der Waals surface area contributed by atoms with E-state index in [9.17, 15) is 4.79 Å². The lowest BCUT2D eigenvalue weighted by Crippen LogP contribution is -1.97. The topological polar surface area (TPSA) is 26.3 Å². The number of esters is 1. The molecule has 0 aliphatic rings. The molecule has 0 spiro atoms. The summed E-state index contributed by atoms with van der Waals surface area (Å²) in [5.74, 6) is -0.233. The number of hydrogen-bond donors (Lipinski definition) is 0. The molecule has 0 bridgehead atoms. The van der Waals surface area contributed by atoms with Crippen LogP contribution in [0.4, 0.5) is 0 Å². The predicted molar refractivity (Wildman–Crippen MR) is 49.8 cm³/mol. The Hall–Kier alpha value is -1.05. The van der Waals surface area contributed by atoms with E-state index < -0.39 is 0 Å². The molecule has 0 unspecified atom stereocenters. The summed E-state index contributed by atoms with van der Waals surface area (Å²) >= 11 is 0. The zero-order valence-corrected chi connectivity index (χ0v) is 7.75. The first-order chi connectivity index (χ1) is 5.77. The standard InChI is InChI=1S/C10H16O2/c1-3-4-5-6-7-8-9-12-10(2)11/h4-5,7-8H,3,6,9H2,1-2H3/b5-4+,8-7+. The van der Waals surface area contributed by atoms with Crippen molar-refractivity contribution in [3.63, 3.8) is 0 Å². The quantitative estimate of drug-likeness (QED) is 0.465. The number of carbonyl (C=O) groups excluding carboxylic acids is 1. The van der Waals surface area contributed by atoms with Gasteiger partial charge in [0.15, 0.2) is 0 Å². The average Bonchev–Trinajstić information content (AvgIpc) is 2.02. The summed E-state index contributed by atoms with van der Waals surface area (Å²) in [6, 6.07) is 0. The van der Waals surface area contributed by atoms with E-state index in [1.54, 1.807) is 0 Å². The summed E-state index contributed by atoms with van der Waals surface area (Å²) in [5, 5.41) is 0. The molecule has 0 rings (SSSR count). The molecule has 0 heterocycles. The normalized spacial score (nSPS) is 11.2. The zero-order valence-electron chi connectivity index (χ0n) is 7.75. The monoisotopic (exact) mass is 168 g/mol. The van der Waals surface area contributed by atoms with E-state index in [4.69, 9.17) is 4.74 Å². The van der Waals surface area contributed by atoms with Gasteiger partial charge in [-0.3, -0.25) is 4.79 Å². The predicted octanol–water partition coefficient (Wildman–Crippen LogP) is 2.46. The van der Waals surface area contributed by atoms with Crippen molar-refractivity contribution in [2.75, 3.05) is 6.61 Å². The van der Waals surface area contributed by atoms with Crippen molar-refractivity contribution in [2.24, 2.45) is 0 Å². The molecule has 0 saturated carbocycles. The zero-order chi connectivity index (χ0) is 9.23. The van der Waals surface area contributed by atoms with Gasteiger partial charge in [-0.05, 0) is 12.8 Å². The van der Waals surface area contributed by atoms with Crippen LogP contribution in [0.15, 0.2) is 24.3 Å². The van der Waals surface area contributed by atoms with Crippen LogP contribution < -0.4 is 0 Å². The highest BCUT2D eigenvalue weighted by Gasteiger charge is 1.85. The molecule has 0 aromatic heterocycles. The van der Waals surface area contributed by atoms with E-state index >= 15 is 0 Å². The summed E-state index contributed by atoms with van der Waals surface area (Å²) in [5.41, 5.74) is 0. The molecule has 0 N–H and O–H groups in total. The molecule has 0 aromatic carbocycles. The Labute approximate surface area is 73.9 Å². The maximum absolute atomic E-state index is 10.3. The number of ether oxygens (including phenoxy) is 1. The van der Waals surface area contributed by atoms with Crippen LogP contribution in [0.1, 0.15) is 26.7 Å². The maximum Gasteiger partial charge on any atom is 0.302 e. The lowest BCUT2D eigenvalue weighted by atomic mass is 10.3. The van der Waals surface area contributed by atoms with Gasteiger partial charge in [-0.1, -0.05) is 31.2 Å². The smallest absolute Gasteiger partial charge is 0.302 e. The number of carbonyl (C=O) groups is 1. The lowest BCUT2D eigenvalue weighted by molar-refractivity contribution is -0.139. The van der Waals surface area contributed by atoms with Gasteiger partial charge < -0.3 is 4.74 Å². The number of allylic oxidation sites excluding steroid dienone is 3. The summed E-state index contributed by atoms with van der Waals surface area (Å²) in [4.78, 5) is 10.3. The van der Waals surface area contributed by atoms with Crippen LogP contribution >= 0.6 is 0 Å². The van der Waals surface area contributed by atoms with Crippen molar-refractivity contribution in [3.05, 3.63) is 24.3 Å². The summed E-state index contributed by atoms with van der Waals surface area (Å²) in [6.45, 7) is 3.89. The first-order valence-electron chi connectivity index (χ1n) is 4.20. The van der Waals surface area contributed by atoms with Crippen molar-refractivity contribution < 1.29 is 9.53 Å². The molecule has 2 heteroatoms. The van der Waals surface area contributed by atoms with E-state index in [-0.39, 0.29) is 5.97 Å². The highest BCUT2D eigenvalue weighted by molar-refractivity contribution is 5.65. The second-order valence-corrected chi connectivity index (χ2v) is 2.39. The van der Waals surface area contributed by atoms with E-state index in [0.717, 1.165) is 12.8 Å². The molecule has 0 radical (unpaired) electrons. The summed E-state index contributed by atoms with van der Waals surface area (Å²) in [7, 11) is 0. The average molecular weight is 168 g/mol. The van der Waals surface area contributed by atoms with E-state index in [0.29, 0.717) is 6.61 Å². The van der Waals surface area contributed by atoms with Gasteiger partial charge in [0.2, 0.25) is 0 Å². The van der Waals surface area contributed by atoms with Crippen LogP contribution in [-0.4, -0.2) is 12.6 Å². The number of rotatable bonds is 5. The minimum absolute atomic E-state index is 0.233. The summed E-state index contributed by atoms with van der Waals surface area (Å²) < 4.78 is 4.70. The van der Waals surface area contributed by atoms with Crippen LogP contribution in [0.25, 0.3) is 0 Å². The van der Waals surface area contributed by atoms with Gasteiger partial charge in [-0.2, -0.15) is 0 Å².